The summed E-state index contributed by atoms with van der Waals surface area (Å²) in [6.45, 7) is 1.80. The molecule has 0 spiro atoms. The Morgan fingerprint density at radius 3 is 2.48 bits per heavy atom. The Labute approximate surface area is 144 Å². The highest BCUT2D eigenvalue weighted by Crippen LogP contribution is 2.25. The number of nitrogens with zero attached hydrogens (tertiary/aromatic N) is 3. The first-order valence-corrected chi connectivity index (χ1v) is 9.50. The molecule has 1 aliphatic heterocycles. The average molecular weight is 371 g/mol. The molecule has 1 fully saturated rings. The molecule has 0 bridgehead atoms. The van der Waals surface area contributed by atoms with Crippen molar-refractivity contribution in [1.29, 1.82) is 0 Å². The van der Waals surface area contributed by atoms with Crippen LogP contribution in [-0.2, 0) is 10.2 Å². The van der Waals surface area contributed by atoms with Crippen LogP contribution in [0.2, 0.25) is 0 Å². The number of anilines is 1. The second-order valence-electron chi connectivity index (χ2n) is 6.14. The summed E-state index contributed by atoms with van der Waals surface area (Å²) in [5, 5.41) is 4.90. The summed E-state index contributed by atoms with van der Waals surface area (Å²) in [4.78, 5) is 10.6. The third kappa shape index (κ3) is 4.59. The molecule has 7 nitrogen and oxygen atoms in total. The maximum atomic E-state index is 13.4. The molecule has 0 radical (unpaired) electrons. The number of hydrogen-bond acceptors (Lipinski definition) is 5. The molecule has 1 aliphatic rings. The van der Waals surface area contributed by atoms with Gasteiger partial charge in [-0.1, -0.05) is 0 Å². The van der Waals surface area contributed by atoms with Gasteiger partial charge < -0.3 is 4.90 Å². The minimum atomic E-state index is -3.64. The smallest absolute Gasteiger partial charge is 0.274 e. The lowest BCUT2D eigenvalue weighted by molar-refractivity contribution is 0.380. The summed E-state index contributed by atoms with van der Waals surface area (Å²) in [5.41, 5.74) is 0.627. The van der Waals surface area contributed by atoms with Gasteiger partial charge in [-0.15, -0.1) is 0 Å². The van der Waals surface area contributed by atoms with Crippen LogP contribution in [0.15, 0.2) is 18.3 Å². The Morgan fingerprint density at radius 1 is 1.20 bits per heavy atom. The van der Waals surface area contributed by atoms with Crippen molar-refractivity contribution in [2.24, 2.45) is 11.1 Å². The molecule has 0 saturated carbocycles. The van der Waals surface area contributed by atoms with E-state index in [0.29, 0.717) is 29.3 Å². The molecular formula is C15H19F2N5O2S. The molecule has 1 aromatic carbocycles. The van der Waals surface area contributed by atoms with E-state index in [2.05, 4.69) is 14.7 Å². The van der Waals surface area contributed by atoms with Crippen LogP contribution in [0, 0.1) is 17.6 Å². The molecule has 3 rings (SSSR count). The molecule has 2 heterocycles. The maximum absolute atomic E-state index is 13.4. The van der Waals surface area contributed by atoms with E-state index >= 15 is 0 Å². The Morgan fingerprint density at radius 2 is 1.84 bits per heavy atom. The fourth-order valence-electron chi connectivity index (χ4n) is 3.01. The zero-order valence-electron chi connectivity index (χ0n) is 13.5. The van der Waals surface area contributed by atoms with Gasteiger partial charge in [0.05, 0.1) is 17.2 Å². The lowest BCUT2D eigenvalue weighted by Gasteiger charge is -2.32. The Balaban J connectivity index is 1.61. The first kappa shape index (κ1) is 17.9. The lowest BCUT2D eigenvalue weighted by atomic mass is 9.94. The molecule has 0 unspecified atom stereocenters. The van der Waals surface area contributed by atoms with Crippen LogP contribution in [0.4, 0.5) is 14.6 Å². The standard InChI is InChI=1S/C15H19F2N5O2S/c16-11-7-13-14(8-12(11)17)21-15(9-19-13)22-5-2-10(3-6-22)1-4-20-25(18,23)24/h7-10,20H,1-6H2,(H2,18,23,24). The highest BCUT2D eigenvalue weighted by molar-refractivity contribution is 7.87. The predicted octanol–water partition coefficient (Wildman–Crippen LogP) is 1.31. The van der Waals surface area contributed by atoms with Crippen molar-refractivity contribution in [1.82, 2.24) is 14.7 Å². The summed E-state index contributed by atoms with van der Waals surface area (Å²) in [7, 11) is -3.64. The van der Waals surface area contributed by atoms with Crippen molar-refractivity contribution < 1.29 is 17.2 Å². The van der Waals surface area contributed by atoms with Crippen LogP contribution in [0.25, 0.3) is 11.0 Å². The minimum Gasteiger partial charge on any atom is -0.355 e. The van der Waals surface area contributed by atoms with Gasteiger partial charge in [-0.3, -0.25) is 4.98 Å². The average Bonchev–Trinajstić information content (AvgIpc) is 2.55. The monoisotopic (exact) mass is 371 g/mol. The number of nitrogens with two attached hydrogens (primary N) is 1. The van der Waals surface area contributed by atoms with Crippen molar-refractivity contribution in [2.45, 2.75) is 19.3 Å². The molecule has 0 atom stereocenters. The molecule has 0 aliphatic carbocycles. The van der Waals surface area contributed by atoms with E-state index in [-0.39, 0.29) is 0 Å². The van der Waals surface area contributed by atoms with Gasteiger partial charge in [-0.05, 0) is 25.2 Å². The Kier molecular flexibility index (Phi) is 5.11. The summed E-state index contributed by atoms with van der Waals surface area (Å²) in [6.07, 6.45) is 4.04. The van der Waals surface area contributed by atoms with E-state index in [1.54, 1.807) is 6.20 Å². The van der Waals surface area contributed by atoms with Gasteiger partial charge in [0.2, 0.25) is 0 Å². The summed E-state index contributed by atoms with van der Waals surface area (Å²) < 4.78 is 50.6. The number of piperidine rings is 1. The first-order chi connectivity index (χ1) is 11.8. The van der Waals surface area contributed by atoms with E-state index in [0.717, 1.165) is 44.5 Å². The number of aromatic nitrogens is 2. The van der Waals surface area contributed by atoms with E-state index in [1.165, 1.54) is 0 Å². The molecule has 25 heavy (non-hydrogen) atoms. The summed E-state index contributed by atoms with van der Waals surface area (Å²) >= 11 is 0. The van der Waals surface area contributed by atoms with E-state index < -0.39 is 21.8 Å². The molecular weight excluding hydrogens is 352 g/mol. The number of fused-ring (bicyclic) bond motifs is 1. The van der Waals surface area contributed by atoms with Crippen molar-refractivity contribution in [3.05, 3.63) is 30.0 Å². The van der Waals surface area contributed by atoms with Crippen molar-refractivity contribution in [3.63, 3.8) is 0 Å². The fraction of sp³-hybridized carbons (Fsp3) is 0.467. The summed E-state index contributed by atoms with van der Waals surface area (Å²) in [5.74, 6) is -0.867. The summed E-state index contributed by atoms with van der Waals surface area (Å²) in [6, 6.07) is 2.08. The Hall–Kier alpha value is -1.91. The zero-order chi connectivity index (χ0) is 18.0. The topological polar surface area (TPSA) is 101 Å². The zero-order valence-corrected chi connectivity index (χ0v) is 14.3. The van der Waals surface area contributed by atoms with Crippen LogP contribution < -0.4 is 14.8 Å². The minimum absolute atomic E-state index is 0.312. The quantitative estimate of drug-likeness (QED) is 0.825. The second-order valence-corrected chi connectivity index (χ2v) is 7.52. The van der Waals surface area contributed by atoms with Crippen molar-refractivity contribution in [3.8, 4) is 0 Å². The molecule has 0 amide bonds. The SMILES string of the molecule is NS(=O)(=O)NCCC1CCN(c2cnc3cc(F)c(F)cc3n2)CC1. The van der Waals surface area contributed by atoms with Gasteiger partial charge in [0.15, 0.2) is 11.6 Å². The normalized spacial score (nSPS) is 16.5. The van der Waals surface area contributed by atoms with Crippen molar-refractivity contribution in [2.75, 3.05) is 24.5 Å². The van der Waals surface area contributed by atoms with E-state index in [4.69, 9.17) is 5.14 Å². The van der Waals surface area contributed by atoms with E-state index in [9.17, 15) is 17.2 Å². The number of rotatable bonds is 5. The van der Waals surface area contributed by atoms with Crippen LogP contribution >= 0.6 is 0 Å². The highest BCUT2D eigenvalue weighted by atomic mass is 32.2. The van der Waals surface area contributed by atoms with Crippen LogP contribution in [-0.4, -0.2) is 38.0 Å². The van der Waals surface area contributed by atoms with Gasteiger partial charge in [0.1, 0.15) is 5.82 Å². The fourth-order valence-corrected chi connectivity index (χ4v) is 3.41. The number of nitrogens with one attached hydrogen (secondary N) is 1. The van der Waals surface area contributed by atoms with E-state index in [1.807, 2.05) is 4.90 Å². The molecule has 2 aromatic rings. The predicted molar refractivity (Wildman–Crippen MR) is 90.1 cm³/mol. The van der Waals surface area contributed by atoms with Gasteiger partial charge in [0.25, 0.3) is 10.2 Å². The third-order valence-electron chi connectivity index (χ3n) is 4.37. The van der Waals surface area contributed by atoms with Gasteiger partial charge in [-0.25, -0.2) is 23.6 Å². The van der Waals surface area contributed by atoms with Crippen LogP contribution in [0.5, 0.6) is 0 Å². The Bertz CT molecular complexity index is 870. The van der Waals surface area contributed by atoms with Gasteiger partial charge in [0, 0.05) is 31.8 Å². The maximum Gasteiger partial charge on any atom is 0.274 e. The lowest BCUT2D eigenvalue weighted by Crippen LogP contribution is -2.37. The van der Waals surface area contributed by atoms with Crippen LogP contribution in [0.1, 0.15) is 19.3 Å². The molecule has 1 aromatic heterocycles. The van der Waals surface area contributed by atoms with Crippen molar-refractivity contribution >= 4 is 27.1 Å². The number of benzene rings is 1. The largest absolute Gasteiger partial charge is 0.355 e. The number of halogens is 2. The van der Waals surface area contributed by atoms with Gasteiger partial charge in [-0.2, -0.15) is 8.42 Å². The molecule has 1 saturated heterocycles. The molecule has 136 valence electrons. The number of hydrogen-bond donors (Lipinski definition) is 2. The molecule has 3 N–H and O–H groups in total. The van der Waals surface area contributed by atoms with Gasteiger partial charge >= 0.3 is 0 Å². The first-order valence-electron chi connectivity index (χ1n) is 7.96. The molecule has 10 heteroatoms. The third-order valence-corrected chi connectivity index (χ3v) is 4.97. The van der Waals surface area contributed by atoms with Crippen LogP contribution in [0.3, 0.4) is 0 Å². The second kappa shape index (κ2) is 7.14. The highest BCUT2D eigenvalue weighted by Gasteiger charge is 2.21.